The average Bonchev–Trinajstić information content (AvgIpc) is 3.23. The number of hydrogen-bond acceptors (Lipinski definition) is 5. The lowest BCUT2D eigenvalue weighted by atomic mass is 9.84. The first-order valence-corrected chi connectivity index (χ1v) is 9.24. The second-order valence-electron chi connectivity index (χ2n) is 7.33. The Bertz CT molecular complexity index is 634. The van der Waals surface area contributed by atoms with Gasteiger partial charge in [-0.15, -0.1) is 0 Å². The Kier molecular flexibility index (Phi) is 4.36. The van der Waals surface area contributed by atoms with Gasteiger partial charge in [0.15, 0.2) is 0 Å². The molecule has 1 spiro atoms. The predicted molar refractivity (Wildman–Crippen MR) is 89.9 cm³/mol. The van der Waals surface area contributed by atoms with E-state index in [0.29, 0.717) is 13.1 Å². The van der Waals surface area contributed by atoms with Crippen molar-refractivity contribution in [3.8, 4) is 5.75 Å². The van der Waals surface area contributed by atoms with Crippen LogP contribution in [-0.2, 0) is 14.3 Å². The van der Waals surface area contributed by atoms with Gasteiger partial charge in [0.1, 0.15) is 17.5 Å². The van der Waals surface area contributed by atoms with Crippen LogP contribution in [0, 0.1) is 5.92 Å². The van der Waals surface area contributed by atoms with Crippen LogP contribution in [0.2, 0.25) is 0 Å². The highest BCUT2D eigenvalue weighted by atomic mass is 16.6. The number of ether oxygens (including phenoxy) is 2. The number of nitrogens with zero attached hydrogens (tertiary/aromatic N) is 2. The van der Waals surface area contributed by atoms with E-state index in [9.17, 15) is 9.59 Å². The summed E-state index contributed by atoms with van der Waals surface area (Å²) in [7, 11) is 0. The van der Waals surface area contributed by atoms with Crippen LogP contribution in [0.15, 0.2) is 24.5 Å². The van der Waals surface area contributed by atoms with Crippen LogP contribution in [0.25, 0.3) is 0 Å². The summed E-state index contributed by atoms with van der Waals surface area (Å²) in [6.45, 7) is 1.35. The smallest absolute Gasteiger partial charge is 0.307 e. The maximum atomic E-state index is 13.0. The predicted octanol–water partition coefficient (Wildman–Crippen LogP) is 2.33. The van der Waals surface area contributed by atoms with E-state index in [0.717, 1.165) is 44.3 Å². The van der Waals surface area contributed by atoms with Gasteiger partial charge in [-0.1, -0.05) is 0 Å². The quantitative estimate of drug-likeness (QED) is 0.787. The van der Waals surface area contributed by atoms with E-state index in [4.69, 9.17) is 9.47 Å². The topological polar surface area (TPSA) is 68.7 Å². The number of carbonyl (C=O) groups is 2. The molecule has 3 fully saturated rings. The second kappa shape index (κ2) is 6.65. The zero-order valence-electron chi connectivity index (χ0n) is 14.4. The van der Waals surface area contributed by atoms with Gasteiger partial charge in [-0.3, -0.25) is 14.6 Å². The second-order valence-corrected chi connectivity index (χ2v) is 7.33. The molecule has 0 radical (unpaired) electrons. The molecule has 2 saturated heterocycles. The molecule has 2 aliphatic heterocycles. The first kappa shape index (κ1) is 16.4. The van der Waals surface area contributed by atoms with Crippen molar-refractivity contribution in [2.45, 2.75) is 56.7 Å². The Morgan fingerprint density at radius 1 is 1.20 bits per heavy atom. The van der Waals surface area contributed by atoms with E-state index >= 15 is 0 Å². The maximum Gasteiger partial charge on any atom is 0.307 e. The van der Waals surface area contributed by atoms with Crippen LogP contribution in [-0.4, -0.2) is 46.6 Å². The third-order valence-corrected chi connectivity index (χ3v) is 5.78. The minimum atomic E-state index is -0.515. The lowest BCUT2D eigenvalue weighted by Crippen LogP contribution is -2.48. The molecule has 6 nitrogen and oxygen atoms in total. The molecule has 1 aromatic heterocycles. The molecule has 1 saturated carbocycles. The normalized spacial score (nSPS) is 26.0. The van der Waals surface area contributed by atoms with Gasteiger partial charge in [-0.05, 0) is 37.8 Å². The van der Waals surface area contributed by atoms with Crippen molar-refractivity contribution in [1.82, 2.24) is 9.88 Å². The molecule has 1 aliphatic carbocycles. The third-order valence-electron chi connectivity index (χ3n) is 5.78. The fourth-order valence-electron chi connectivity index (χ4n) is 4.45. The number of pyridine rings is 1. The van der Waals surface area contributed by atoms with Gasteiger partial charge >= 0.3 is 5.97 Å². The summed E-state index contributed by atoms with van der Waals surface area (Å²) in [5.41, 5.74) is -0.515. The van der Waals surface area contributed by atoms with E-state index in [1.54, 1.807) is 12.4 Å². The van der Waals surface area contributed by atoms with Crippen LogP contribution in [0.4, 0.5) is 0 Å². The summed E-state index contributed by atoms with van der Waals surface area (Å²) in [6, 6.07) is 3.70. The van der Waals surface area contributed by atoms with Crippen LogP contribution in [0.1, 0.15) is 44.9 Å². The van der Waals surface area contributed by atoms with Crippen molar-refractivity contribution in [1.29, 1.82) is 0 Å². The van der Waals surface area contributed by atoms with Crippen LogP contribution in [0.3, 0.4) is 0 Å². The van der Waals surface area contributed by atoms with Gasteiger partial charge in [0, 0.05) is 38.3 Å². The largest absolute Gasteiger partial charge is 0.490 e. The Hall–Kier alpha value is -2.11. The van der Waals surface area contributed by atoms with E-state index in [1.807, 2.05) is 17.0 Å². The summed E-state index contributed by atoms with van der Waals surface area (Å²) in [6.07, 6.45) is 9.15. The maximum absolute atomic E-state index is 13.0. The van der Waals surface area contributed by atoms with Gasteiger partial charge in [-0.25, -0.2) is 0 Å². The first-order valence-electron chi connectivity index (χ1n) is 9.24. The van der Waals surface area contributed by atoms with E-state index in [2.05, 4.69) is 4.98 Å². The van der Waals surface area contributed by atoms with Crippen molar-refractivity contribution in [2.24, 2.45) is 5.92 Å². The number of piperidine rings is 1. The lowest BCUT2D eigenvalue weighted by molar-refractivity contribution is -0.152. The van der Waals surface area contributed by atoms with Crippen molar-refractivity contribution in [2.75, 3.05) is 13.1 Å². The molecule has 3 heterocycles. The Labute approximate surface area is 147 Å². The first-order chi connectivity index (χ1) is 12.2. The molecule has 0 aromatic carbocycles. The van der Waals surface area contributed by atoms with Gasteiger partial charge in [-0.2, -0.15) is 0 Å². The van der Waals surface area contributed by atoms with Gasteiger partial charge in [0.05, 0.1) is 12.3 Å². The standard InChI is InChI=1S/C19H24N2O4/c22-17-13-16(19(25-17)7-1-2-8-19)18(23)21-11-5-15(6-12-21)24-14-3-9-20-10-4-14/h3-4,9-10,15-16H,1-2,5-8,11-13H2. The Morgan fingerprint density at radius 3 is 2.56 bits per heavy atom. The number of aromatic nitrogens is 1. The van der Waals surface area contributed by atoms with Crippen LogP contribution in [0.5, 0.6) is 5.75 Å². The number of amides is 1. The number of rotatable bonds is 3. The van der Waals surface area contributed by atoms with E-state index in [1.165, 1.54) is 0 Å². The molecule has 0 bridgehead atoms. The number of carbonyl (C=O) groups excluding carboxylic acids is 2. The van der Waals surface area contributed by atoms with Crippen molar-refractivity contribution in [3.63, 3.8) is 0 Å². The zero-order valence-corrected chi connectivity index (χ0v) is 14.4. The van der Waals surface area contributed by atoms with E-state index in [-0.39, 0.29) is 30.3 Å². The molecular weight excluding hydrogens is 320 g/mol. The monoisotopic (exact) mass is 344 g/mol. The molecule has 1 amide bonds. The molecule has 0 N–H and O–H groups in total. The van der Waals surface area contributed by atoms with Gasteiger partial charge in [0.2, 0.25) is 5.91 Å². The number of esters is 1. The fourth-order valence-corrected chi connectivity index (χ4v) is 4.45. The third kappa shape index (κ3) is 3.22. The highest BCUT2D eigenvalue weighted by Gasteiger charge is 2.54. The minimum Gasteiger partial charge on any atom is -0.490 e. The summed E-state index contributed by atoms with van der Waals surface area (Å²) in [4.78, 5) is 30.7. The minimum absolute atomic E-state index is 0.0927. The molecular formula is C19H24N2O4. The SMILES string of the molecule is O=C1CC(C(=O)N2CCC(Oc3ccncc3)CC2)C2(CCCC2)O1. The zero-order chi connectivity index (χ0) is 17.3. The van der Waals surface area contributed by atoms with Crippen molar-refractivity contribution >= 4 is 11.9 Å². The van der Waals surface area contributed by atoms with Gasteiger partial charge in [0.25, 0.3) is 0 Å². The highest BCUT2D eigenvalue weighted by molar-refractivity contribution is 5.88. The molecule has 134 valence electrons. The average molecular weight is 344 g/mol. The molecule has 6 heteroatoms. The van der Waals surface area contributed by atoms with Gasteiger partial charge < -0.3 is 14.4 Å². The summed E-state index contributed by atoms with van der Waals surface area (Å²) in [5, 5.41) is 0. The Morgan fingerprint density at radius 2 is 1.88 bits per heavy atom. The van der Waals surface area contributed by atoms with Crippen molar-refractivity contribution < 1.29 is 19.1 Å². The van der Waals surface area contributed by atoms with E-state index < -0.39 is 5.60 Å². The molecule has 1 atom stereocenters. The number of likely N-dealkylation sites (tertiary alicyclic amines) is 1. The Balaban J connectivity index is 1.36. The molecule has 25 heavy (non-hydrogen) atoms. The van der Waals surface area contributed by atoms with Crippen LogP contribution < -0.4 is 4.74 Å². The molecule has 1 aromatic rings. The van der Waals surface area contributed by atoms with Crippen molar-refractivity contribution in [3.05, 3.63) is 24.5 Å². The molecule has 4 rings (SSSR count). The molecule has 1 unspecified atom stereocenters. The fraction of sp³-hybridized carbons (Fsp3) is 0.632. The van der Waals surface area contributed by atoms with Crippen LogP contribution >= 0.6 is 0 Å². The number of hydrogen-bond donors (Lipinski definition) is 0. The highest BCUT2D eigenvalue weighted by Crippen LogP contribution is 2.46. The summed E-state index contributed by atoms with van der Waals surface area (Å²) in [5.74, 6) is 0.408. The summed E-state index contributed by atoms with van der Waals surface area (Å²) >= 11 is 0. The lowest BCUT2D eigenvalue weighted by Gasteiger charge is -2.36. The summed E-state index contributed by atoms with van der Waals surface area (Å²) < 4.78 is 11.6. The molecule has 3 aliphatic rings.